The molecule has 1 aromatic rings. The molecule has 0 bridgehead atoms. The number of nitrogens with zero attached hydrogens (tertiary/aromatic N) is 3. The van der Waals surface area contributed by atoms with Crippen LogP contribution in [0.1, 0.15) is 11.4 Å². The minimum Gasteiger partial charge on any atom is -0.377 e. The number of ether oxygens (including phenoxy) is 5. The Kier molecular flexibility index (Phi) is 7.54. The standard InChI is InChI=1S/C13H25N4O5/c1-16-12-10-21-8-6-19-4-2-18-3-5-20-7-9-22-11-13(12)17(14)15-16/h2-11H2,1H3,(H2,14,15)/q+1. The van der Waals surface area contributed by atoms with Crippen molar-refractivity contribution in [3.8, 4) is 0 Å². The molecule has 0 saturated carbocycles. The van der Waals surface area contributed by atoms with Gasteiger partial charge in [-0.05, 0) is 4.79 Å². The van der Waals surface area contributed by atoms with Crippen molar-refractivity contribution in [3.05, 3.63) is 11.4 Å². The molecule has 22 heavy (non-hydrogen) atoms. The first-order valence-corrected chi connectivity index (χ1v) is 7.40. The summed E-state index contributed by atoms with van der Waals surface area (Å²) in [6.07, 6.45) is 0. The third-order valence-electron chi connectivity index (χ3n) is 3.20. The summed E-state index contributed by atoms with van der Waals surface area (Å²) in [6, 6.07) is 0. The molecule has 1 aromatic heterocycles. The fraction of sp³-hybridized carbons (Fsp3) is 0.846. The van der Waals surface area contributed by atoms with Crippen LogP contribution in [0.25, 0.3) is 0 Å². The van der Waals surface area contributed by atoms with E-state index >= 15 is 0 Å². The number of hydrogen-bond donors (Lipinski definition) is 1. The Morgan fingerprint density at radius 2 is 1.27 bits per heavy atom. The molecule has 0 radical (unpaired) electrons. The molecule has 0 fully saturated rings. The number of nitrogen functional groups attached to an aromatic ring is 1. The molecule has 9 heteroatoms. The number of rotatable bonds is 0. The molecule has 0 atom stereocenters. The smallest absolute Gasteiger partial charge is 0.227 e. The molecule has 2 N–H and O–H groups in total. The van der Waals surface area contributed by atoms with Crippen LogP contribution in [0.3, 0.4) is 0 Å². The topological polar surface area (TPSA) is 93.9 Å². The van der Waals surface area contributed by atoms with Crippen molar-refractivity contribution >= 4 is 0 Å². The van der Waals surface area contributed by atoms with E-state index in [1.807, 2.05) is 7.05 Å². The number of aromatic nitrogens is 3. The number of hydrogen-bond acceptors (Lipinski definition) is 7. The Bertz CT molecular complexity index is 404. The largest absolute Gasteiger partial charge is 0.377 e. The Labute approximate surface area is 129 Å². The Morgan fingerprint density at radius 3 is 1.82 bits per heavy atom. The van der Waals surface area contributed by atoms with Gasteiger partial charge in [0.05, 0.1) is 52.9 Å². The zero-order valence-electron chi connectivity index (χ0n) is 13.0. The minimum atomic E-state index is 0.361. The molecule has 0 saturated heterocycles. The summed E-state index contributed by atoms with van der Waals surface area (Å²) in [4.78, 5) is 1.32. The molecule has 0 unspecified atom stereocenters. The van der Waals surface area contributed by atoms with Gasteiger partial charge in [-0.3, -0.25) is 0 Å². The van der Waals surface area contributed by atoms with Crippen molar-refractivity contribution in [2.45, 2.75) is 13.2 Å². The van der Waals surface area contributed by atoms with Gasteiger partial charge in [0.1, 0.15) is 25.5 Å². The molecule has 1 aliphatic rings. The first kappa shape index (κ1) is 17.1. The molecule has 1 aliphatic heterocycles. The summed E-state index contributed by atoms with van der Waals surface area (Å²) >= 11 is 0. The van der Waals surface area contributed by atoms with Gasteiger partial charge in [0.15, 0.2) is 0 Å². The summed E-state index contributed by atoms with van der Waals surface area (Å²) < 4.78 is 29.1. The molecule has 126 valence electrons. The van der Waals surface area contributed by atoms with E-state index in [1.54, 1.807) is 4.68 Å². The quantitative estimate of drug-likeness (QED) is 0.460. The third-order valence-corrected chi connectivity index (χ3v) is 3.20. The predicted octanol–water partition coefficient (Wildman–Crippen LogP) is -1.48. The van der Waals surface area contributed by atoms with Crippen molar-refractivity contribution in [1.82, 2.24) is 10.0 Å². The predicted molar refractivity (Wildman–Crippen MR) is 75.3 cm³/mol. The fourth-order valence-corrected chi connectivity index (χ4v) is 2.01. The Balaban J connectivity index is 1.90. The van der Waals surface area contributed by atoms with Gasteiger partial charge >= 0.3 is 0 Å². The molecular weight excluding hydrogens is 292 g/mol. The third kappa shape index (κ3) is 5.50. The van der Waals surface area contributed by atoms with E-state index in [0.29, 0.717) is 66.1 Å². The van der Waals surface area contributed by atoms with Gasteiger partial charge in [-0.2, -0.15) is 0 Å². The molecule has 2 rings (SSSR count). The van der Waals surface area contributed by atoms with E-state index < -0.39 is 0 Å². The van der Waals surface area contributed by atoms with Crippen LogP contribution in [-0.2, 0) is 43.9 Å². The van der Waals surface area contributed by atoms with Gasteiger partial charge in [-0.15, -0.1) is 4.68 Å². The van der Waals surface area contributed by atoms with Crippen molar-refractivity contribution in [3.63, 3.8) is 0 Å². The lowest BCUT2D eigenvalue weighted by atomic mass is 10.3. The van der Waals surface area contributed by atoms with Crippen molar-refractivity contribution < 1.29 is 28.4 Å². The lowest BCUT2D eigenvalue weighted by molar-refractivity contribution is -0.740. The highest BCUT2D eigenvalue weighted by Gasteiger charge is 2.22. The average molecular weight is 317 g/mol. The lowest BCUT2D eigenvalue weighted by Crippen LogP contribution is -2.36. The second-order valence-corrected chi connectivity index (χ2v) is 4.79. The summed E-state index contributed by atoms with van der Waals surface area (Å²) in [7, 11) is 1.82. The van der Waals surface area contributed by atoms with E-state index in [2.05, 4.69) is 5.21 Å². The molecular formula is C13H25N4O5+. The van der Waals surface area contributed by atoms with Crippen molar-refractivity contribution in [1.29, 1.82) is 0 Å². The summed E-state index contributed by atoms with van der Waals surface area (Å²) in [5.41, 5.74) is 1.67. The first-order chi connectivity index (χ1) is 10.8. The molecule has 0 amide bonds. The molecule has 2 heterocycles. The van der Waals surface area contributed by atoms with Crippen LogP contribution >= 0.6 is 0 Å². The Morgan fingerprint density at radius 1 is 0.818 bits per heavy atom. The monoisotopic (exact) mass is 317 g/mol. The van der Waals surface area contributed by atoms with Crippen LogP contribution < -0.4 is 10.5 Å². The molecule has 0 aliphatic carbocycles. The molecule has 9 nitrogen and oxygen atoms in total. The van der Waals surface area contributed by atoms with Gasteiger partial charge in [-0.25, -0.2) is 5.84 Å². The highest BCUT2D eigenvalue weighted by atomic mass is 16.6. The van der Waals surface area contributed by atoms with Crippen LogP contribution in [-0.4, -0.2) is 62.9 Å². The minimum absolute atomic E-state index is 0.361. The van der Waals surface area contributed by atoms with E-state index in [0.717, 1.165) is 11.4 Å². The SMILES string of the molecule is C[n+]1nn(N)c2c1COCCOCCOCCOCCOC2. The summed E-state index contributed by atoms with van der Waals surface area (Å²) in [5.74, 6) is 5.84. The fourth-order valence-electron chi connectivity index (χ4n) is 2.01. The summed E-state index contributed by atoms with van der Waals surface area (Å²) in [6.45, 7) is 4.98. The normalized spacial score (nSPS) is 20.2. The first-order valence-electron chi connectivity index (χ1n) is 7.40. The van der Waals surface area contributed by atoms with Crippen LogP contribution in [0.4, 0.5) is 0 Å². The van der Waals surface area contributed by atoms with Gasteiger partial charge in [0, 0.05) is 0 Å². The number of nitrogens with two attached hydrogens (primary N) is 1. The zero-order chi connectivity index (χ0) is 15.6. The van der Waals surface area contributed by atoms with E-state index in [1.165, 1.54) is 4.79 Å². The van der Waals surface area contributed by atoms with Crippen LogP contribution in [0.5, 0.6) is 0 Å². The van der Waals surface area contributed by atoms with Gasteiger partial charge in [-0.1, -0.05) is 0 Å². The molecule has 0 spiro atoms. The van der Waals surface area contributed by atoms with Gasteiger partial charge in [0.25, 0.3) is 0 Å². The van der Waals surface area contributed by atoms with Crippen LogP contribution in [0.15, 0.2) is 0 Å². The Hall–Kier alpha value is -1.26. The van der Waals surface area contributed by atoms with Gasteiger partial charge in [0.2, 0.25) is 11.4 Å². The van der Waals surface area contributed by atoms with E-state index in [9.17, 15) is 0 Å². The second-order valence-electron chi connectivity index (χ2n) is 4.79. The summed E-state index contributed by atoms with van der Waals surface area (Å²) in [5, 5.41) is 4.14. The highest BCUT2D eigenvalue weighted by molar-refractivity contribution is 5.03. The second kappa shape index (κ2) is 9.70. The van der Waals surface area contributed by atoms with Gasteiger partial charge < -0.3 is 23.7 Å². The van der Waals surface area contributed by atoms with Crippen molar-refractivity contribution in [2.24, 2.45) is 7.05 Å². The molecule has 0 aromatic carbocycles. The lowest BCUT2D eigenvalue weighted by Gasteiger charge is -2.06. The maximum atomic E-state index is 5.84. The number of aryl methyl sites for hydroxylation is 1. The van der Waals surface area contributed by atoms with E-state index in [4.69, 9.17) is 29.5 Å². The van der Waals surface area contributed by atoms with Crippen molar-refractivity contribution in [2.75, 3.05) is 58.7 Å². The highest BCUT2D eigenvalue weighted by Crippen LogP contribution is 2.05. The van der Waals surface area contributed by atoms with Crippen LogP contribution in [0.2, 0.25) is 0 Å². The number of fused-ring (bicyclic) bond motifs is 1. The maximum Gasteiger partial charge on any atom is 0.227 e. The van der Waals surface area contributed by atoms with E-state index in [-0.39, 0.29) is 0 Å². The maximum absolute atomic E-state index is 5.84. The zero-order valence-corrected chi connectivity index (χ0v) is 13.0. The average Bonchev–Trinajstić information content (AvgIpc) is 2.76. The van der Waals surface area contributed by atoms with Crippen LogP contribution in [0, 0.1) is 0 Å².